The summed E-state index contributed by atoms with van der Waals surface area (Å²) in [7, 11) is 1.83. The topological polar surface area (TPSA) is 78.8 Å². The fourth-order valence-corrected chi connectivity index (χ4v) is 2.74. The van der Waals surface area contributed by atoms with E-state index in [4.69, 9.17) is 10.5 Å². The molecule has 98 valence electrons. The maximum Gasteiger partial charge on any atom is 0.233 e. The van der Waals surface area contributed by atoms with E-state index in [0.29, 0.717) is 11.6 Å². The van der Waals surface area contributed by atoms with E-state index in [1.54, 1.807) is 28.4 Å². The summed E-state index contributed by atoms with van der Waals surface area (Å²) in [5.74, 6) is 1.33. The largest absolute Gasteiger partial charge is 0.435 e. The summed E-state index contributed by atoms with van der Waals surface area (Å²) >= 11 is 1.61. The van der Waals surface area contributed by atoms with Crippen LogP contribution in [-0.2, 0) is 13.5 Å². The van der Waals surface area contributed by atoms with Crippen molar-refractivity contribution in [1.29, 1.82) is 0 Å². The molecule has 0 aliphatic carbocycles. The molecule has 3 aromatic heterocycles. The van der Waals surface area contributed by atoms with Gasteiger partial charge in [-0.15, -0.1) is 11.3 Å². The highest BCUT2D eigenvalue weighted by Gasteiger charge is 2.12. The third-order valence-corrected chi connectivity index (χ3v) is 3.84. The highest BCUT2D eigenvalue weighted by Crippen LogP contribution is 2.33. The van der Waals surface area contributed by atoms with Gasteiger partial charge in [0.2, 0.25) is 11.8 Å². The fourth-order valence-electron chi connectivity index (χ4n) is 1.78. The van der Waals surface area contributed by atoms with Crippen LogP contribution < -0.4 is 10.5 Å². The monoisotopic (exact) mass is 275 g/mol. The highest BCUT2D eigenvalue weighted by molar-refractivity contribution is 7.18. The highest BCUT2D eigenvalue weighted by atomic mass is 32.1. The Balaban J connectivity index is 2.08. The molecule has 0 amide bonds. The summed E-state index contributed by atoms with van der Waals surface area (Å²) < 4.78 is 7.41. The average molecular weight is 275 g/mol. The molecule has 0 unspecified atom stereocenters. The molecular weight excluding hydrogens is 262 g/mol. The second-order valence-corrected chi connectivity index (χ2v) is 5.24. The van der Waals surface area contributed by atoms with Crippen molar-refractivity contribution >= 4 is 27.5 Å². The molecule has 0 saturated carbocycles. The number of hydrogen-bond acceptors (Lipinski definition) is 6. The minimum absolute atomic E-state index is 0.218. The van der Waals surface area contributed by atoms with E-state index in [1.807, 2.05) is 13.1 Å². The van der Waals surface area contributed by atoms with Crippen molar-refractivity contribution in [3.05, 3.63) is 23.3 Å². The lowest BCUT2D eigenvalue weighted by atomic mass is 10.3. The third-order valence-electron chi connectivity index (χ3n) is 2.67. The minimum Gasteiger partial charge on any atom is -0.435 e. The van der Waals surface area contributed by atoms with Gasteiger partial charge >= 0.3 is 0 Å². The van der Waals surface area contributed by atoms with Gasteiger partial charge < -0.3 is 10.5 Å². The van der Waals surface area contributed by atoms with Crippen LogP contribution >= 0.6 is 11.3 Å². The molecule has 0 radical (unpaired) electrons. The summed E-state index contributed by atoms with van der Waals surface area (Å²) in [6.07, 6.45) is 4.36. The molecule has 0 fully saturated rings. The normalized spacial score (nSPS) is 11.1. The Bertz CT molecular complexity index is 733. The van der Waals surface area contributed by atoms with Crippen molar-refractivity contribution in [2.75, 3.05) is 5.73 Å². The van der Waals surface area contributed by atoms with Crippen molar-refractivity contribution in [2.24, 2.45) is 7.05 Å². The van der Waals surface area contributed by atoms with Crippen LogP contribution in [0.1, 0.15) is 11.8 Å². The Kier molecular flexibility index (Phi) is 2.83. The molecule has 6 nitrogen and oxygen atoms in total. The van der Waals surface area contributed by atoms with Crippen molar-refractivity contribution in [2.45, 2.75) is 13.3 Å². The molecule has 0 bridgehead atoms. The quantitative estimate of drug-likeness (QED) is 0.793. The first-order valence-electron chi connectivity index (χ1n) is 5.88. The van der Waals surface area contributed by atoms with E-state index >= 15 is 0 Å². The van der Waals surface area contributed by atoms with Crippen LogP contribution in [-0.4, -0.2) is 19.7 Å². The van der Waals surface area contributed by atoms with Gasteiger partial charge in [0.1, 0.15) is 4.83 Å². The lowest BCUT2D eigenvalue weighted by Gasteiger charge is -2.03. The number of nitrogen functional groups attached to an aromatic ring is 1. The second kappa shape index (κ2) is 4.51. The van der Waals surface area contributed by atoms with E-state index < -0.39 is 0 Å². The zero-order valence-electron chi connectivity index (χ0n) is 10.6. The van der Waals surface area contributed by atoms with Crippen LogP contribution in [0, 0.1) is 0 Å². The van der Waals surface area contributed by atoms with Crippen LogP contribution in [0.4, 0.5) is 5.95 Å². The summed E-state index contributed by atoms with van der Waals surface area (Å²) in [4.78, 5) is 10.5. The van der Waals surface area contributed by atoms with E-state index in [-0.39, 0.29) is 5.95 Å². The molecule has 19 heavy (non-hydrogen) atoms. The van der Waals surface area contributed by atoms with Crippen molar-refractivity contribution < 1.29 is 4.74 Å². The Morgan fingerprint density at radius 2 is 2.26 bits per heavy atom. The first-order valence-corrected chi connectivity index (χ1v) is 6.70. The molecule has 0 spiro atoms. The van der Waals surface area contributed by atoms with Gasteiger partial charge in [0.05, 0.1) is 17.8 Å². The lowest BCUT2D eigenvalue weighted by Crippen LogP contribution is -1.96. The molecule has 3 aromatic rings. The van der Waals surface area contributed by atoms with Crippen LogP contribution in [0.3, 0.4) is 0 Å². The molecule has 0 saturated heterocycles. The number of nitrogens with two attached hydrogens (primary N) is 1. The predicted molar refractivity (Wildman–Crippen MR) is 74.5 cm³/mol. The van der Waals surface area contributed by atoms with Crippen molar-refractivity contribution in [3.8, 4) is 11.6 Å². The molecule has 0 aliphatic rings. The van der Waals surface area contributed by atoms with E-state index in [0.717, 1.165) is 16.6 Å². The maximum atomic E-state index is 5.74. The van der Waals surface area contributed by atoms with E-state index in [2.05, 4.69) is 22.0 Å². The molecule has 2 N–H and O–H groups in total. The number of hydrogen-bond donors (Lipinski definition) is 1. The Labute approximate surface area is 113 Å². The Hall–Kier alpha value is -2.15. The maximum absolute atomic E-state index is 5.74. The Morgan fingerprint density at radius 1 is 1.42 bits per heavy atom. The number of anilines is 1. The summed E-state index contributed by atoms with van der Waals surface area (Å²) in [5.41, 5.74) is 5.72. The average Bonchev–Trinajstić information content (AvgIpc) is 2.95. The van der Waals surface area contributed by atoms with E-state index in [9.17, 15) is 0 Å². The standard InChI is InChI=1S/C12H13N5OS/c1-3-8-4-9-10(15-12(13)16-11(9)19-8)18-7-5-14-17(2)6-7/h4-6H,3H2,1-2H3,(H2,13,15,16). The van der Waals surface area contributed by atoms with Gasteiger partial charge in [0.25, 0.3) is 0 Å². The number of nitrogens with zero attached hydrogens (tertiary/aromatic N) is 4. The van der Waals surface area contributed by atoms with Gasteiger partial charge in [-0.3, -0.25) is 4.68 Å². The second-order valence-electron chi connectivity index (χ2n) is 4.12. The van der Waals surface area contributed by atoms with Gasteiger partial charge in [-0.05, 0) is 12.5 Å². The predicted octanol–water partition coefficient (Wildman–Crippen LogP) is 2.36. The summed E-state index contributed by atoms with van der Waals surface area (Å²) in [6.45, 7) is 2.10. The number of aryl methyl sites for hydroxylation is 2. The number of fused-ring (bicyclic) bond motifs is 1. The van der Waals surface area contributed by atoms with Crippen LogP contribution in [0.5, 0.6) is 11.6 Å². The number of rotatable bonds is 3. The van der Waals surface area contributed by atoms with Crippen LogP contribution in [0.15, 0.2) is 18.5 Å². The van der Waals surface area contributed by atoms with Crippen LogP contribution in [0.25, 0.3) is 10.2 Å². The molecule has 0 aromatic carbocycles. The van der Waals surface area contributed by atoms with Crippen LogP contribution in [0.2, 0.25) is 0 Å². The summed E-state index contributed by atoms with van der Waals surface area (Å²) in [6, 6.07) is 2.05. The number of ether oxygens (including phenoxy) is 1. The van der Waals surface area contributed by atoms with Crippen molar-refractivity contribution in [3.63, 3.8) is 0 Å². The lowest BCUT2D eigenvalue weighted by molar-refractivity contribution is 0.468. The van der Waals surface area contributed by atoms with E-state index in [1.165, 1.54) is 4.88 Å². The van der Waals surface area contributed by atoms with Gasteiger partial charge in [-0.1, -0.05) is 6.92 Å². The number of aromatic nitrogens is 4. The van der Waals surface area contributed by atoms with Crippen molar-refractivity contribution in [1.82, 2.24) is 19.7 Å². The Morgan fingerprint density at radius 3 is 2.95 bits per heavy atom. The van der Waals surface area contributed by atoms with Gasteiger partial charge in [0, 0.05) is 11.9 Å². The minimum atomic E-state index is 0.218. The fraction of sp³-hybridized carbons (Fsp3) is 0.250. The SMILES string of the molecule is CCc1cc2c(Oc3cnn(C)c3)nc(N)nc2s1. The molecule has 3 rings (SSSR count). The summed E-state index contributed by atoms with van der Waals surface area (Å²) in [5, 5.41) is 4.95. The van der Waals surface area contributed by atoms with Gasteiger partial charge in [-0.25, -0.2) is 4.98 Å². The zero-order valence-corrected chi connectivity index (χ0v) is 11.4. The first-order chi connectivity index (χ1) is 9.15. The molecule has 7 heteroatoms. The number of thiophene rings is 1. The first kappa shape index (κ1) is 11.9. The molecule has 3 heterocycles. The van der Waals surface area contributed by atoms with Gasteiger partial charge in [-0.2, -0.15) is 10.1 Å². The van der Waals surface area contributed by atoms with Gasteiger partial charge in [0.15, 0.2) is 5.75 Å². The molecule has 0 atom stereocenters. The molecular formula is C12H13N5OS. The molecule has 0 aliphatic heterocycles. The zero-order chi connectivity index (χ0) is 13.4. The smallest absolute Gasteiger partial charge is 0.233 e. The third kappa shape index (κ3) is 2.24.